The van der Waals surface area contributed by atoms with Crippen molar-refractivity contribution in [3.05, 3.63) is 53.4 Å². The summed E-state index contributed by atoms with van der Waals surface area (Å²) in [4.78, 5) is 23.7. The Morgan fingerprint density at radius 1 is 1.16 bits per heavy atom. The maximum absolute atomic E-state index is 11.9. The highest BCUT2D eigenvalue weighted by Crippen LogP contribution is 2.14. The third-order valence-corrected chi connectivity index (χ3v) is 4.59. The molecule has 0 saturated heterocycles. The smallest absolute Gasteiger partial charge is 0.234 e. The summed E-state index contributed by atoms with van der Waals surface area (Å²) >= 11 is 7.07. The fraction of sp³-hybridized carbons (Fsp3) is 0.333. The SMILES string of the molecule is CC(CCc1ccco1)NC(=O)CSCC(=O)Nc1ccc(Cl)cc1. The average Bonchev–Trinajstić information content (AvgIpc) is 3.08. The van der Waals surface area contributed by atoms with Gasteiger partial charge in [0, 0.05) is 23.2 Å². The minimum absolute atomic E-state index is 0.0566. The van der Waals surface area contributed by atoms with Crippen LogP contribution in [0, 0.1) is 0 Å². The quantitative estimate of drug-likeness (QED) is 0.695. The highest BCUT2D eigenvalue weighted by molar-refractivity contribution is 8.00. The van der Waals surface area contributed by atoms with Gasteiger partial charge in [0.2, 0.25) is 11.8 Å². The zero-order valence-electron chi connectivity index (χ0n) is 14.0. The van der Waals surface area contributed by atoms with E-state index in [9.17, 15) is 9.59 Å². The van der Waals surface area contributed by atoms with Crippen LogP contribution in [0.25, 0.3) is 0 Å². The number of hydrogen-bond acceptors (Lipinski definition) is 4. The summed E-state index contributed by atoms with van der Waals surface area (Å²) in [6.07, 6.45) is 3.23. The molecule has 0 aliphatic carbocycles. The van der Waals surface area contributed by atoms with Gasteiger partial charge in [0.15, 0.2) is 0 Å². The van der Waals surface area contributed by atoms with Crippen molar-refractivity contribution in [2.45, 2.75) is 25.8 Å². The van der Waals surface area contributed by atoms with E-state index in [0.717, 1.165) is 18.6 Å². The fourth-order valence-corrected chi connectivity index (χ4v) is 2.92. The van der Waals surface area contributed by atoms with Gasteiger partial charge in [-0.2, -0.15) is 0 Å². The second-order valence-electron chi connectivity index (χ2n) is 5.63. The molecule has 0 saturated carbocycles. The molecule has 1 aromatic heterocycles. The van der Waals surface area contributed by atoms with Crippen molar-refractivity contribution in [3.63, 3.8) is 0 Å². The van der Waals surface area contributed by atoms with E-state index < -0.39 is 0 Å². The van der Waals surface area contributed by atoms with Gasteiger partial charge in [-0.1, -0.05) is 11.6 Å². The number of carbonyl (C=O) groups is 2. The van der Waals surface area contributed by atoms with Crippen molar-refractivity contribution < 1.29 is 14.0 Å². The van der Waals surface area contributed by atoms with Crippen LogP contribution in [0.5, 0.6) is 0 Å². The van der Waals surface area contributed by atoms with E-state index in [0.29, 0.717) is 10.7 Å². The van der Waals surface area contributed by atoms with Crippen molar-refractivity contribution in [2.75, 3.05) is 16.8 Å². The van der Waals surface area contributed by atoms with Crippen molar-refractivity contribution in [1.29, 1.82) is 0 Å². The number of furan rings is 1. The number of aryl methyl sites for hydroxylation is 1. The molecule has 0 aliphatic heterocycles. The van der Waals surface area contributed by atoms with Crippen molar-refractivity contribution in [2.24, 2.45) is 0 Å². The predicted octanol–water partition coefficient (Wildman–Crippen LogP) is 3.74. The number of benzene rings is 1. The largest absolute Gasteiger partial charge is 0.469 e. The lowest BCUT2D eigenvalue weighted by molar-refractivity contribution is -0.119. The lowest BCUT2D eigenvalue weighted by Crippen LogP contribution is -2.34. The van der Waals surface area contributed by atoms with Crippen LogP contribution in [0.15, 0.2) is 47.1 Å². The summed E-state index contributed by atoms with van der Waals surface area (Å²) in [5.74, 6) is 1.16. The summed E-state index contributed by atoms with van der Waals surface area (Å²) in [6.45, 7) is 1.96. The Kier molecular flexibility index (Phi) is 7.88. The van der Waals surface area contributed by atoms with E-state index in [-0.39, 0.29) is 29.4 Å². The second kappa shape index (κ2) is 10.2. The van der Waals surface area contributed by atoms with Crippen molar-refractivity contribution in [1.82, 2.24) is 5.32 Å². The van der Waals surface area contributed by atoms with E-state index in [1.807, 2.05) is 19.1 Å². The summed E-state index contributed by atoms with van der Waals surface area (Å²) < 4.78 is 5.27. The summed E-state index contributed by atoms with van der Waals surface area (Å²) in [6, 6.07) is 10.7. The number of anilines is 1. The molecule has 2 N–H and O–H groups in total. The maximum Gasteiger partial charge on any atom is 0.234 e. The highest BCUT2D eigenvalue weighted by Gasteiger charge is 2.10. The van der Waals surface area contributed by atoms with Crippen LogP contribution >= 0.6 is 23.4 Å². The minimum atomic E-state index is -0.147. The van der Waals surface area contributed by atoms with Gasteiger partial charge < -0.3 is 15.1 Å². The molecule has 2 rings (SSSR count). The Bertz CT molecular complexity index is 674. The first-order valence-electron chi connectivity index (χ1n) is 7.98. The Hall–Kier alpha value is -1.92. The summed E-state index contributed by atoms with van der Waals surface area (Å²) in [5, 5.41) is 6.30. The van der Waals surface area contributed by atoms with Gasteiger partial charge in [0.1, 0.15) is 5.76 Å². The first-order valence-corrected chi connectivity index (χ1v) is 9.51. The molecule has 0 aliphatic rings. The van der Waals surface area contributed by atoms with E-state index in [4.69, 9.17) is 16.0 Å². The number of carbonyl (C=O) groups excluding carboxylic acids is 2. The van der Waals surface area contributed by atoms with E-state index in [1.165, 1.54) is 11.8 Å². The fourth-order valence-electron chi connectivity index (χ4n) is 2.17. The second-order valence-corrected chi connectivity index (χ2v) is 7.06. The third-order valence-electron chi connectivity index (χ3n) is 3.41. The third kappa shape index (κ3) is 7.67. The minimum Gasteiger partial charge on any atom is -0.469 e. The molecule has 25 heavy (non-hydrogen) atoms. The summed E-state index contributed by atoms with van der Waals surface area (Å²) in [7, 11) is 0. The first kappa shape index (κ1) is 19.4. The zero-order chi connectivity index (χ0) is 18.1. The first-order chi connectivity index (χ1) is 12.0. The number of amides is 2. The summed E-state index contributed by atoms with van der Waals surface area (Å²) in [5.41, 5.74) is 0.686. The van der Waals surface area contributed by atoms with Crippen LogP contribution in [0.2, 0.25) is 5.02 Å². The lowest BCUT2D eigenvalue weighted by Gasteiger charge is -2.13. The van der Waals surface area contributed by atoms with Crippen LogP contribution in [-0.2, 0) is 16.0 Å². The molecule has 0 spiro atoms. The molecule has 1 atom stereocenters. The Morgan fingerprint density at radius 2 is 1.88 bits per heavy atom. The number of halogens is 1. The van der Waals surface area contributed by atoms with Gasteiger partial charge in [-0.05, 0) is 49.7 Å². The number of thioether (sulfide) groups is 1. The van der Waals surface area contributed by atoms with Gasteiger partial charge in [0.25, 0.3) is 0 Å². The number of nitrogens with one attached hydrogen (secondary N) is 2. The molecule has 1 unspecified atom stereocenters. The Morgan fingerprint density at radius 3 is 2.56 bits per heavy atom. The number of hydrogen-bond donors (Lipinski definition) is 2. The van der Waals surface area contributed by atoms with Gasteiger partial charge in [-0.15, -0.1) is 11.8 Å². The molecule has 0 bridgehead atoms. The van der Waals surface area contributed by atoms with Crippen LogP contribution in [-0.4, -0.2) is 29.4 Å². The molecule has 5 nitrogen and oxygen atoms in total. The van der Waals surface area contributed by atoms with Gasteiger partial charge in [-0.3, -0.25) is 9.59 Å². The monoisotopic (exact) mass is 380 g/mol. The normalized spacial score (nSPS) is 11.8. The molecular weight excluding hydrogens is 360 g/mol. The molecule has 134 valence electrons. The van der Waals surface area contributed by atoms with E-state index >= 15 is 0 Å². The molecule has 2 amide bonds. The lowest BCUT2D eigenvalue weighted by atomic mass is 10.1. The maximum atomic E-state index is 11.9. The van der Waals surface area contributed by atoms with Gasteiger partial charge in [0.05, 0.1) is 17.8 Å². The zero-order valence-corrected chi connectivity index (χ0v) is 15.5. The predicted molar refractivity (Wildman–Crippen MR) is 102 cm³/mol. The topological polar surface area (TPSA) is 71.3 Å². The van der Waals surface area contributed by atoms with Crippen LogP contribution in [0.4, 0.5) is 5.69 Å². The van der Waals surface area contributed by atoms with Gasteiger partial charge >= 0.3 is 0 Å². The standard InChI is InChI=1S/C18H21ClN2O3S/c1-13(4-9-16-3-2-10-24-16)20-17(22)11-25-12-18(23)21-15-7-5-14(19)6-8-15/h2-3,5-8,10,13H,4,9,11-12H2,1H3,(H,20,22)(H,21,23). The van der Waals surface area contributed by atoms with Crippen molar-refractivity contribution >= 4 is 40.9 Å². The van der Waals surface area contributed by atoms with Gasteiger partial charge in [-0.25, -0.2) is 0 Å². The van der Waals surface area contributed by atoms with Crippen LogP contribution < -0.4 is 10.6 Å². The van der Waals surface area contributed by atoms with Crippen LogP contribution in [0.3, 0.4) is 0 Å². The van der Waals surface area contributed by atoms with Crippen LogP contribution in [0.1, 0.15) is 19.1 Å². The van der Waals surface area contributed by atoms with E-state index in [2.05, 4.69) is 10.6 Å². The molecule has 1 heterocycles. The molecular formula is C18H21ClN2O3S. The van der Waals surface area contributed by atoms with E-state index in [1.54, 1.807) is 30.5 Å². The Labute approximate surface area is 156 Å². The molecule has 2 aromatic rings. The number of rotatable bonds is 9. The molecule has 0 fully saturated rings. The average molecular weight is 381 g/mol. The Balaban J connectivity index is 1.59. The molecule has 1 aromatic carbocycles. The highest BCUT2D eigenvalue weighted by atomic mass is 35.5. The molecule has 0 radical (unpaired) electrons. The molecule has 7 heteroatoms. The van der Waals surface area contributed by atoms with Crippen molar-refractivity contribution in [3.8, 4) is 0 Å².